The van der Waals surface area contributed by atoms with Crippen molar-refractivity contribution in [3.05, 3.63) is 22.7 Å². The lowest BCUT2D eigenvalue weighted by Crippen LogP contribution is -2.36. The van der Waals surface area contributed by atoms with Crippen LogP contribution in [0.1, 0.15) is 40.5 Å². The van der Waals surface area contributed by atoms with E-state index in [0.717, 1.165) is 13.1 Å². The minimum Gasteiger partial charge on any atom is -0.365 e. The summed E-state index contributed by atoms with van der Waals surface area (Å²) in [4.78, 5) is 19.1. The van der Waals surface area contributed by atoms with Gasteiger partial charge < -0.3 is 14.8 Å². The van der Waals surface area contributed by atoms with E-state index in [1.165, 1.54) is 25.9 Å². The highest BCUT2D eigenvalue weighted by atomic mass is 16.1. The molecule has 0 amide bonds. The standard InChI is InChI=1S/C16H28N4O/c1-13(12-19-8-5-6-9-19)11-18-14-15(21)20(10-7-17-14)16(2,3)4/h7,10,13H,5-6,8-9,11-12H2,1-4H3,(H,17,18). The molecule has 1 aromatic heterocycles. The van der Waals surface area contributed by atoms with Crippen molar-refractivity contribution in [2.24, 2.45) is 5.92 Å². The molecule has 1 unspecified atom stereocenters. The van der Waals surface area contributed by atoms with Gasteiger partial charge in [-0.2, -0.15) is 0 Å². The van der Waals surface area contributed by atoms with Crippen molar-refractivity contribution in [3.63, 3.8) is 0 Å². The van der Waals surface area contributed by atoms with Gasteiger partial charge >= 0.3 is 0 Å². The Hall–Kier alpha value is -1.36. The molecule has 2 heterocycles. The Morgan fingerprint density at radius 2 is 2.00 bits per heavy atom. The van der Waals surface area contributed by atoms with E-state index in [1.54, 1.807) is 17.0 Å². The first kappa shape index (κ1) is 16.0. The van der Waals surface area contributed by atoms with E-state index in [1.807, 2.05) is 20.8 Å². The summed E-state index contributed by atoms with van der Waals surface area (Å²) in [6, 6.07) is 0. The summed E-state index contributed by atoms with van der Waals surface area (Å²) in [5.41, 5.74) is -0.268. The van der Waals surface area contributed by atoms with Gasteiger partial charge in [0, 0.05) is 31.0 Å². The predicted molar refractivity (Wildman–Crippen MR) is 86.8 cm³/mol. The van der Waals surface area contributed by atoms with Gasteiger partial charge in [-0.05, 0) is 52.6 Å². The van der Waals surface area contributed by atoms with Crippen LogP contribution < -0.4 is 10.9 Å². The van der Waals surface area contributed by atoms with Crippen molar-refractivity contribution >= 4 is 5.82 Å². The molecule has 1 N–H and O–H groups in total. The quantitative estimate of drug-likeness (QED) is 0.903. The molecule has 118 valence electrons. The van der Waals surface area contributed by atoms with Crippen molar-refractivity contribution < 1.29 is 0 Å². The zero-order valence-corrected chi connectivity index (χ0v) is 13.7. The van der Waals surface area contributed by atoms with E-state index in [-0.39, 0.29) is 11.1 Å². The molecular weight excluding hydrogens is 264 g/mol. The van der Waals surface area contributed by atoms with Gasteiger partial charge in [0.05, 0.1) is 0 Å². The van der Waals surface area contributed by atoms with Crippen molar-refractivity contribution in [1.29, 1.82) is 0 Å². The molecule has 5 heteroatoms. The van der Waals surface area contributed by atoms with Gasteiger partial charge in [0.25, 0.3) is 5.56 Å². The summed E-state index contributed by atoms with van der Waals surface area (Å²) in [5.74, 6) is 0.966. The third-order valence-corrected chi connectivity index (χ3v) is 3.95. The fourth-order valence-corrected chi connectivity index (χ4v) is 2.80. The third kappa shape index (κ3) is 4.30. The van der Waals surface area contributed by atoms with Crippen molar-refractivity contribution in [2.45, 2.75) is 46.1 Å². The highest BCUT2D eigenvalue weighted by molar-refractivity contribution is 5.31. The number of hydrogen-bond acceptors (Lipinski definition) is 4. The van der Waals surface area contributed by atoms with E-state index in [0.29, 0.717) is 11.7 Å². The summed E-state index contributed by atoms with van der Waals surface area (Å²) in [6.07, 6.45) is 6.08. The molecule has 1 aliphatic heterocycles. The van der Waals surface area contributed by atoms with E-state index < -0.39 is 0 Å². The first-order chi connectivity index (χ1) is 9.88. The molecule has 21 heavy (non-hydrogen) atoms. The van der Waals surface area contributed by atoms with Gasteiger partial charge in [-0.15, -0.1) is 0 Å². The SMILES string of the molecule is CC(CNc1nccn(C(C)(C)C)c1=O)CN1CCCC1. The zero-order chi connectivity index (χ0) is 15.5. The maximum Gasteiger partial charge on any atom is 0.293 e. The predicted octanol–water partition coefficient (Wildman–Crippen LogP) is 2.14. The van der Waals surface area contributed by atoms with Crippen LogP contribution in [0.25, 0.3) is 0 Å². The lowest BCUT2D eigenvalue weighted by molar-refractivity contribution is 0.294. The largest absolute Gasteiger partial charge is 0.365 e. The van der Waals surface area contributed by atoms with Crippen LogP contribution in [0, 0.1) is 5.92 Å². The van der Waals surface area contributed by atoms with E-state index in [4.69, 9.17) is 0 Å². The van der Waals surface area contributed by atoms with Gasteiger partial charge in [0.1, 0.15) is 0 Å². The van der Waals surface area contributed by atoms with Crippen LogP contribution in [-0.2, 0) is 5.54 Å². The monoisotopic (exact) mass is 292 g/mol. The molecule has 5 nitrogen and oxygen atoms in total. The van der Waals surface area contributed by atoms with Gasteiger partial charge in [-0.25, -0.2) is 4.98 Å². The Balaban J connectivity index is 1.95. The summed E-state index contributed by atoms with van der Waals surface area (Å²) >= 11 is 0. The maximum absolute atomic E-state index is 12.4. The second-order valence-corrected chi connectivity index (χ2v) is 7.12. The van der Waals surface area contributed by atoms with Gasteiger partial charge in [0.2, 0.25) is 0 Å². The summed E-state index contributed by atoms with van der Waals surface area (Å²) in [6.45, 7) is 12.6. The number of likely N-dealkylation sites (tertiary alicyclic amines) is 1. The van der Waals surface area contributed by atoms with Gasteiger partial charge in [-0.1, -0.05) is 6.92 Å². The van der Waals surface area contributed by atoms with Crippen LogP contribution in [0.2, 0.25) is 0 Å². The van der Waals surface area contributed by atoms with Crippen LogP contribution in [0.5, 0.6) is 0 Å². The van der Waals surface area contributed by atoms with E-state index in [9.17, 15) is 4.79 Å². The number of rotatable bonds is 5. The normalized spacial score (nSPS) is 17.9. The van der Waals surface area contributed by atoms with Crippen LogP contribution in [0.15, 0.2) is 17.2 Å². The number of hydrogen-bond donors (Lipinski definition) is 1. The van der Waals surface area contributed by atoms with E-state index >= 15 is 0 Å². The average Bonchev–Trinajstić information content (AvgIpc) is 2.89. The highest BCUT2D eigenvalue weighted by Crippen LogP contribution is 2.12. The minimum absolute atomic E-state index is 0.0432. The molecule has 0 saturated carbocycles. The van der Waals surface area contributed by atoms with Crippen LogP contribution in [0.4, 0.5) is 5.82 Å². The Morgan fingerprint density at radius 3 is 2.62 bits per heavy atom. The van der Waals surface area contributed by atoms with Crippen molar-refractivity contribution in [1.82, 2.24) is 14.5 Å². The minimum atomic E-state index is -0.225. The number of nitrogens with zero attached hydrogens (tertiary/aromatic N) is 3. The van der Waals surface area contributed by atoms with Gasteiger partial charge in [0.15, 0.2) is 5.82 Å². The van der Waals surface area contributed by atoms with Gasteiger partial charge in [-0.3, -0.25) is 4.79 Å². The fourth-order valence-electron chi connectivity index (χ4n) is 2.80. The van der Waals surface area contributed by atoms with Crippen molar-refractivity contribution in [2.75, 3.05) is 31.5 Å². The Kier molecular flexibility index (Phi) is 5.04. The number of aromatic nitrogens is 2. The molecule has 1 aliphatic rings. The average molecular weight is 292 g/mol. The molecule has 0 aliphatic carbocycles. The smallest absolute Gasteiger partial charge is 0.293 e. The second-order valence-electron chi connectivity index (χ2n) is 7.12. The molecule has 1 fully saturated rings. The first-order valence-electron chi connectivity index (χ1n) is 7.92. The molecule has 0 radical (unpaired) electrons. The zero-order valence-electron chi connectivity index (χ0n) is 13.7. The molecule has 0 aromatic carbocycles. The highest BCUT2D eigenvalue weighted by Gasteiger charge is 2.18. The fraction of sp³-hybridized carbons (Fsp3) is 0.750. The van der Waals surface area contributed by atoms with Crippen LogP contribution in [-0.4, -0.2) is 40.6 Å². The molecule has 1 atom stereocenters. The molecule has 0 spiro atoms. The topological polar surface area (TPSA) is 50.2 Å². The lowest BCUT2D eigenvalue weighted by atomic mass is 10.1. The van der Waals surface area contributed by atoms with E-state index in [2.05, 4.69) is 22.1 Å². The Bertz CT molecular complexity index is 512. The molecule has 2 rings (SSSR count). The first-order valence-corrected chi connectivity index (χ1v) is 7.92. The third-order valence-electron chi connectivity index (χ3n) is 3.95. The second kappa shape index (κ2) is 6.60. The van der Waals surface area contributed by atoms with Crippen LogP contribution >= 0.6 is 0 Å². The number of anilines is 1. The molecule has 1 aromatic rings. The van der Waals surface area contributed by atoms with Crippen molar-refractivity contribution in [3.8, 4) is 0 Å². The summed E-state index contributed by atoms with van der Waals surface area (Å²) in [5, 5.41) is 3.23. The molecule has 0 bridgehead atoms. The Morgan fingerprint density at radius 1 is 1.33 bits per heavy atom. The lowest BCUT2D eigenvalue weighted by Gasteiger charge is -2.23. The number of nitrogens with one attached hydrogen (secondary N) is 1. The molecule has 1 saturated heterocycles. The summed E-state index contributed by atoms with van der Waals surface area (Å²) < 4.78 is 1.73. The van der Waals surface area contributed by atoms with Crippen LogP contribution in [0.3, 0.4) is 0 Å². The Labute approximate surface area is 127 Å². The summed E-state index contributed by atoms with van der Waals surface area (Å²) in [7, 11) is 0. The molecular formula is C16H28N4O. The maximum atomic E-state index is 12.4.